The minimum absolute atomic E-state index is 0.922. The number of nitrogens with zero attached hydrogens (tertiary/aromatic N) is 1. The Bertz CT molecular complexity index is 298. The highest BCUT2D eigenvalue weighted by Gasteiger charge is 2.00. The molecule has 1 rings (SSSR count). The Hall–Kier alpha value is -1.06. The Balaban J connectivity index is 2.26. The predicted molar refractivity (Wildman–Crippen MR) is 72.5 cm³/mol. The second-order valence-electron chi connectivity index (χ2n) is 4.40. The summed E-state index contributed by atoms with van der Waals surface area (Å²) in [4.78, 5) is 2.36. The fourth-order valence-electron chi connectivity index (χ4n) is 1.81. The predicted octanol–water partition coefficient (Wildman–Crippen LogP) is 2.13. The first-order valence-electron chi connectivity index (χ1n) is 6.22. The Morgan fingerprint density at radius 3 is 2.47 bits per heavy atom. The highest BCUT2D eigenvalue weighted by molar-refractivity contribution is 5.26. The summed E-state index contributed by atoms with van der Waals surface area (Å²) in [7, 11) is 5.87. The summed E-state index contributed by atoms with van der Waals surface area (Å²) in [5.74, 6) is 0.922. The van der Waals surface area contributed by atoms with E-state index in [1.807, 2.05) is 19.2 Å². The van der Waals surface area contributed by atoms with E-state index < -0.39 is 0 Å². The minimum Gasteiger partial charge on any atom is -0.497 e. The minimum atomic E-state index is 0.922. The number of rotatable bonds is 8. The average molecular weight is 236 g/mol. The summed E-state index contributed by atoms with van der Waals surface area (Å²) < 4.78 is 5.15. The topological polar surface area (TPSA) is 24.5 Å². The Kier molecular flexibility index (Phi) is 6.67. The van der Waals surface area contributed by atoms with E-state index in [0.717, 1.165) is 25.4 Å². The van der Waals surface area contributed by atoms with Crippen molar-refractivity contribution >= 4 is 0 Å². The first-order valence-corrected chi connectivity index (χ1v) is 6.22. The van der Waals surface area contributed by atoms with Gasteiger partial charge in [0.1, 0.15) is 5.75 Å². The third-order valence-electron chi connectivity index (χ3n) is 2.83. The average Bonchev–Trinajstić information content (AvgIpc) is 2.36. The van der Waals surface area contributed by atoms with Gasteiger partial charge in [0.2, 0.25) is 0 Å². The number of methoxy groups -OCH3 is 1. The SMILES string of the molecule is CNCCCCN(C)Cc1ccc(OC)cc1. The molecule has 17 heavy (non-hydrogen) atoms. The molecule has 3 nitrogen and oxygen atoms in total. The molecular weight excluding hydrogens is 212 g/mol. The molecule has 0 atom stereocenters. The number of hydrogen-bond donors (Lipinski definition) is 1. The van der Waals surface area contributed by atoms with Gasteiger partial charge in [0, 0.05) is 6.54 Å². The van der Waals surface area contributed by atoms with Crippen LogP contribution in [0.5, 0.6) is 5.75 Å². The van der Waals surface area contributed by atoms with Crippen LogP contribution in [0, 0.1) is 0 Å². The highest BCUT2D eigenvalue weighted by atomic mass is 16.5. The van der Waals surface area contributed by atoms with Gasteiger partial charge in [-0.25, -0.2) is 0 Å². The van der Waals surface area contributed by atoms with Crippen LogP contribution in [0.1, 0.15) is 18.4 Å². The third kappa shape index (κ3) is 5.71. The Labute approximate surface area is 105 Å². The number of nitrogens with one attached hydrogen (secondary N) is 1. The van der Waals surface area contributed by atoms with Crippen LogP contribution < -0.4 is 10.1 Å². The molecule has 1 aromatic rings. The van der Waals surface area contributed by atoms with Crippen LogP contribution in [0.15, 0.2) is 24.3 Å². The van der Waals surface area contributed by atoms with Crippen molar-refractivity contribution in [2.75, 3.05) is 34.3 Å². The molecule has 0 saturated carbocycles. The second kappa shape index (κ2) is 8.09. The molecule has 0 amide bonds. The lowest BCUT2D eigenvalue weighted by Gasteiger charge is -2.16. The molecule has 96 valence electrons. The second-order valence-corrected chi connectivity index (χ2v) is 4.40. The van der Waals surface area contributed by atoms with Gasteiger partial charge >= 0.3 is 0 Å². The molecular formula is C14H24N2O. The van der Waals surface area contributed by atoms with E-state index in [2.05, 4.69) is 29.4 Å². The van der Waals surface area contributed by atoms with Crippen molar-refractivity contribution in [2.24, 2.45) is 0 Å². The van der Waals surface area contributed by atoms with Gasteiger partial charge in [-0.15, -0.1) is 0 Å². The number of unbranched alkanes of at least 4 members (excludes halogenated alkanes) is 1. The molecule has 3 heteroatoms. The van der Waals surface area contributed by atoms with Crippen molar-refractivity contribution in [3.05, 3.63) is 29.8 Å². The molecule has 0 fully saturated rings. The summed E-state index contributed by atoms with van der Waals surface area (Å²) in [5, 5.41) is 3.17. The van der Waals surface area contributed by atoms with Crippen molar-refractivity contribution in [1.82, 2.24) is 10.2 Å². The summed E-state index contributed by atoms with van der Waals surface area (Å²) in [5.41, 5.74) is 1.34. The zero-order chi connectivity index (χ0) is 12.5. The van der Waals surface area contributed by atoms with E-state index in [-0.39, 0.29) is 0 Å². The molecule has 0 bridgehead atoms. The van der Waals surface area contributed by atoms with E-state index in [4.69, 9.17) is 4.74 Å². The molecule has 0 saturated heterocycles. The molecule has 1 N–H and O–H groups in total. The maximum atomic E-state index is 5.15. The van der Waals surface area contributed by atoms with Crippen LogP contribution in [-0.2, 0) is 6.54 Å². The van der Waals surface area contributed by atoms with Crippen LogP contribution in [0.25, 0.3) is 0 Å². The van der Waals surface area contributed by atoms with Crippen molar-refractivity contribution in [1.29, 1.82) is 0 Å². The quantitative estimate of drug-likeness (QED) is 0.700. The maximum Gasteiger partial charge on any atom is 0.118 e. The van der Waals surface area contributed by atoms with Crippen molar-refractivity contribution < 1.29 is 4.74 Å². The standard InChI is InChI=1S/C14H24N2O/c1-15-10-4-5-11-16(2)12-13-6-8-14(17-3)9-7-13/h6-9,15H,4-5,10-12H2,1-3H3. The number of benzene rings is 1. The van der Waals surface area contributed by atoms with E-state index >= 15 is 0 Å². The van der Waals surface area contributed by atoms with Crippen LogP contribution in [0.2, 0.25) is 0 Å². The van der Waals surface area contributed by atoms with Crippen LogP contribution in [0.4, 0.5) is 0 Å². The molecule has 0 heterocycles. The van der Waals surface area contributed by atoms with Gasteiger partial charge in [0.25, 0.3) is 0 Å². The molecule has 0 aliphatic rings. The maximum absolute atomic E-state index is 5.15. The first-order chi connectivity index (χ1) is 8.26. The largest absolute Gasteiger partial charge is 0.497 e. The zero-order valence-corrected chi connectivity index (χ0v) is 11.2. The molecule has 0 aliphatic carbocycles. The van der Waals surface area contributed by atoms with Gasteiger partial charge in [0.15, 0.2) is 0 Å². The summed E-state index contributed by atoms with van der Waals surface area (Å²) in [6.45, 7) is 3.26. The van der Waals surface area contributed by atoms with Gasteiger partial charge in [-0.3, -0.25) is 0 Å². The summed E-state index contributed by atoms with van der Waals surface area (Å²) in [6.07, 6.45) is 2.48. The Morgan fingerprint density at radius 2 is 1.88 bits per heavy atom. The summed E-state index contributed by atoms with van der Waals surface area (Å²) >= 11 is 0. The fourth-order valence-corrected chi connectivity index (χ4v) is 1.81. The van der Waals surface area contributed by atoms with E-state index in [9.17, 15) is 0 Å². The van der Waals surface area contributed by atoms with E-state index in [1.54, 1.807) is 7.11 Å². The van der Waals surface area contributed by atoms with Crippen molar-refractivity contribution in [3.8, 4) is 5.75 Å². The first kappa shape index (κ1) is 14.0. The van der Waals surface area contributed by atoms with Gasteiger partial charge in [-0.2, -0.15) is 0 Å². The fraction of sp³-hybridized carbons (Fsp3) is 0.571. The summed E-state index contributed by atoms with van der Waals surface area (Å²) in [6, 6.07) is 8.29. The lowest BCUT2D eigenvalue weighted by molar-refractivity contribution is 0.318. The molecule has 0 aliphatic heterocycles. The molecule has 0 aromatic heterocycles. The van der Waals surface area contributed by atoms with Gasteiger partial charge < -0.3 is 15.0 Å². The van der Waals surface area contributed by atoms with Gasteiger partial charge in [-0.1, -0.05) is 12.1 Å². The lowest BCUT2D eigenvalue weighted by Crippen LogP contribution is -2.20. The van der Waals surface area contributed by atoms with Gasteiger partial charge in [-0.05, 0) is 57.7 Å². The van der Waals surface area contributed by atoms with E-state index in [1.165, 1.54) is 18.4 Å². The lowest BCUT2D eigenvalue weighted by atomic mass is 10.2. The number of ether oxygens (including phenoxy) is 1. The molecule has 0 unspecified atom stereocenters. The highest BCUT2D eigenvalue weighted by Crippen LogP contribution is 2.12. The van der Waals surface area contributed by atoms with Gasteiger partial charge in [0.05, 0.1) is 7.11 Å². The van der Waals surface area contributed by atoms with E-state index in [0.29, 0.717) is 0 Å². The van der Waals surface area contributed by atoms with Crippen molar-refractivity contribution in [2.45, 2.75) is 19.4 Å². The monoisotopic (exact) mass is 236 g/mol. The molecule has 0 spiro atoms. The van der Waals surface area contributed by atoms with Crippen LogP contribution in [-0.4, -0.2) is 39.2 Å². The van der Waals surface area contributed by atoms with Crippen molar-refractivity contribution in [3.63, 3.8) is 0 Å². The van der Waals surface area contributed by atoms with Crippen LogP contribution >= 0.6 is 0 Å². The van der Waals surface area contributed by atoms with Crippen LogP contribution in [0.3, 0.4) is 0 Å². The third-order valence-corrected chi connectivity index (χ3v) is 2.83. The number of hydrogen-bond acceptors (Lipinski definition) is 3. The Morgan fingerprint density at radius 1 is 1.18 bits per heavy atom. The normalized spacial score (nSPS) is 10.8. The molecule has 1 aromatic carbocycles. The zero-order valence-electron chi connectivity index (χ0n) is 11.2. The smallest absolute Gasteiger partial charge is 0.118 e. The molecule has 0 radical (unpaired) electrons.